The number of halogens is 1. The molecule has 1 atom stereocenters. The van der Waals surface area contributed by atoms with Crippen molar-refractivity contribution in [3.8, 4) is 0 Å². The van der Waals surface area contributed by atoms with E-state index in [-0.39, 0.29) is 49.9 Å². The molecule has 1 heterocycles. The number of carbonyl (C=O) groups is 4. The van der Waals surface area contributed by atoms with E-state index in [9.17, 15) is 19.2 Å². The highest BCUT2D eigenvalue weighted by Crippen LogP contribution is 2.25. The molecule has 0 aliphatic carbocycles. The summed E-state index contributed by atoms with van der Waals surface area (Å²) in [5.41, 5.74) is 0.594. The maximum Gasteiger partial charge on any atom is 0.307 e. The number of carbonyl (C=O) groups excluding carboxylic acids is 4. The fourth-order valence-corrected chi connectivity index (χ4v) is 2.87. The number of likely N-dealkylation sites (tertiary alicyclic amines) is 1. The standard InChI is InChI=1S/C17H19ClN2O5/c1-25-17(24)10-13(11-4-2-3-5-12(11)18)19-14(21)8-9-20-15(22)6-7-16(20)23/h2-5,13H,6-10H2,1H3,(H,19,21)/t13-/m1/s1. The van der Waals surface area contributed by atoms with Gasteiger partial charge in [-0.05, 0) is 11.6 Å². The zero-order valence-electron chi connectivity index (χ0n) is 13.8. The summed E-state index contributed by atoms with van der Waals surface area (Å²) in [6.45, 7) is 0.0248. The summed E-state index contributed by atoms with van der Waals surface area (Å²) in [7, 11) is 1.26. The lowest BCUT2D eigenvalue weighted by atomic mass is 10.0. The second kappa shape index (κ2) is 8.62. The van der Waals surface area contributed by atoms with E-state index >= 15 is 0 Å². The van der Waals surface area contributed by atoms with Crippen LogP contribution in [-0.4, -0.2) is 42.2 Å². The highest BCUT2D eigenvalue weighted by Gasteiger charge is 2.29. The molecule has 0 bridgehead atoms. The van der Waals surface area contributed by atoms with Crippen molar-refractivity contribution in [1.29, 1.82) is 0 Å². The molecule has 1 aromatic carbocycles. The Kier molecular flexibility index (Phi) is 6.52. The molecule has 0 unspecified atom stereocenters. The van der Waals surface area contributed by atoms with Gasteiger partial charge in [0.05, 0.1) is 19.6 Å². The molecule has 0 saturated carbocycles. The molecule has 1 aliphatic rings. The molecule has 7 nitrogen and oxygen atoms in total. The Bertz CT molecular complexity index is 675. The number of benzene rings is 1. The zero-order chi connectivity index (χ0) is 18.4. The molecule has 25 heavy (non-hydrogen) atoms. The smallest absolute Gasteiger partial charge is 0.307 e. The van der Waals surface area contributed by atoms with Crippen LogP contribution in [0.25, 0.3) is 0 Å². The molecule has 2 rings (SSSR count). The van der Waals surface area contributed by atoms with Crippen LogP contribution in [0.4, 0.5) is 0 Å². The molecular formula is C17H19ClN2O5. The van der Waals surface area contributed by atoms with E-state index in [1.54, 1.807) is 24.3 Å². The van der Waals surface area contributed by atoms with Crippen LogP contribution in [0.2, 0.25) is 5.02 Å². The zero-order valence-corrected chi connectivity index (χ0v) is 14.5. The molecule has 1 aliphatic heterocycles. The van der Waals surface area contributed by atoms with Crippen LogP contribution in [-0.2, 0) is 23.9 Å². The molecule has 0 aromatic heterocycles. The van der Waals surface area contributed by atoms with Crippen LogP contribution < -0.4 is 5.32 Å². The fraction of sp³-hybridized carbons (Fsp3) is 0.412. The minimum absolute atomic E-state index is 0.0248. The third-order valence-electron chi connectivity index (χ3n) is 3.93. The quantitative estimate of drug-likeness (QED) is 0.584. The molecule has 8 heteroatoms. The molecule has 0 spiro atoms. The van der Waals surface area contributed by atoms with Crippen LogP contribution in [0.5, 0.6) is 0 Å². The number of ether oxygens (including phenoxy) is 1. The Hall–Kier alpha value is -2.41. The first-order valence-corrected chi connectivity index (χ1v) is 8.24. The van der Waals surface area contributed by atoms with Crippen molar-refractivity contribution in [1.82, 2.24) is 10.2 Å². The third-order valence-corrected chi connectivity index (χ3v) is 4.28. The minimum atomic E-state index is -0.654. The number of hydrogen-bond acceptors (Lipinski definition) is 5. The number of nitrogens with one attached hydrogen (secondary N) is 1. The van der Waals surface area contributed by atoms with Gasteiger partial charge in [0, 0.05) is 30.8 Å². The second-order valence-corrected chi connectivity index (χ2v) is 6.02. The number of imide groups is 1. The van der Waals surface area contributed by atoms with E-state index in [0.29, 0.717) is 10.6 Å². The first-order chi connectivity index (χ1) is 11.9. The summed E-state index contributed by atoms with van der Waals surface area (Å²) < 4.78 is 4.66. The maximum absolute atomic E-state index is 12.2. The van der Waals surface area contributed by atoms with Crippen molar-refractivity contribution in [2.24, 2.45) is 0 Å². The van der Waals surface area contributed by atoms with Crippen molar-refractivity contribution in [2.45, 2.75) is 31.7 Å². The summed E-state index contributed by atoms with van der Waals surface area (Å²) in [5, 5.41) is 3.14. The van der Waals surface area contributed by atoms with Crippen LogP contribution in [0.15, 0.2) is 24.3 Å². The monoisotopic (exact) mass is 366 g/mol. The van der Waals surface area contributed by atoms with Crippen LogP contribution in [0.1, 0.15) is 37.3 Å². The topological polar surface area (TPSA) is 92.8 Å². The van der Waals surface area contributed by atoms with Gasteiger partial charge in [-0.15, -0.1) is 0 Å². The van der Waals surface area contributed by atoms with Crippen molar-refractivity contribution >= 4 is 35.3 Å². The number of hydrogen-bond donors (Lipinski definition) is 1. The summed E-state index contributed by atoms with van der Waals surface area (Å²) in [6, 6.07) is 6.21. The summed E-state index contributed by atoms with van der Waals surface area (Å²) in [4.78, 5) is 48.1. The van der Waals surface area contributed by atoms with Gasteiger partial charge in [0.25, 0.3) is 0 Å². The van der Waals surface area contributed by atoms with Crippen molar-refractivity contribution in [3.05, 3.63) is 34.9 Å². The van der Waals surface area contributed by atoms with Gasteiger partial charge < -0.3 is 10.1 Å². The lowest BCUT2D eigenvalue weighted by Crippen LogP contribution is -2.36. The number of amides is 3. The molecule has 1 aromatic rings. The average Bonchev–Trinajstić information content (AvgIpc) is 2.91. The van der Waals surface area contributed by atoms with E-state index in [1.807, 2.05) is 0 Å². The Morgan fingerprint density at radius 1 is 1.24 bits per heavy atom. The van der Waals surface area contributed by atoms with E-state index in [4.69, 9.17) is 11.6 Å². The molecule has 0 radical (unpaired) electrons. The maximum atomic E-state index is 12.2. The van der Waals surface area contributed by atoms with Gasteiger partial charge in [-0.3, -0.25) is 24.1 Å². The SMILES string of the molecule is COC(=O)C[C@@H](NC(=O)CCN1C(=O)CCC1=O)c1ccccc1Cl. The Morgan fingerprint density at radius 3 is 2.48 bits per heavy atom. The van der Waals surface area contributed by atoms with Crippen molar-refractivity contribution in [3.63, 3.8) is 0 Å². The number of rotatable bonds is 7. The highest BCUT2D eigenvalue weighted by atomic mass is 35.5. The molecule has 1 N–H and O–H groups in total. The highest BCUT2D eigenvalue weighted by molar-refractivity contribution is 6.31. The molecule has 3 amide bonds. The lowest BCUT2D eigenvalue weighted by molar-refractivity contribution is -0.141. The van der Waals surface area contributed by atoms with E-state index in [2.05, 4.69) is 10.1 Å². The summed E-state index contributed by atoms with van der Waals surface area (Å²) in [6.07, 6.45) is 0.253. The number of methoxy groups -OCH3 is 1. The van der Waals surface area contributed by atoms with Gasteiger partial charge in [-0.25, -0.2) is 0 Å². The van der Waals surface area contributed by atoms with Gasteiger partial charge >= 0.3 is 5.97 Å². The second-order valence-electron chi connectivity index (χ2n) is 5.61. The molecular weight excluding hydrogens is 348 g/mol. The molecule has 134 valence electrons. The fourth-order valence-electron chi connectivity index (χ4n) is 2.60. The van der Waals surface area contributed by atoms with E-state index in [1.165, 1.54) is 7.11 Å². The number of esters is 1. The Balaban J connectivity index is 2.02. The van der Waals surface area contributed by atoms with Crippen molar-refractivity contribution in [2.75, 3.05) is 13.7 Å². The van der Waals surface area contributed by atoms with E-state index < -0.39 is 12.0 Å². The first kappa shape index (κ1) is 18.9. The Morgan fingerprint density at radius 2 is 1.88 bits per heavy atom. The van der Waals surface area contributed by atoms with E-state index in [0.717, 1.165) is 4.90 Å². The van der Waals surface area contributed by atoms with Gasteiger partial charge in [-0.1, -0.05) is 29.8 Å². The average molecular weight is 367 g/mol. The Labute approximate surface area is 150 Å². The predicted molar refractivity (Wildman–Crippen MR) is 89.5 cm³/mol. The first-order valence-electron chi connectivity index (χ1n) is 7.86. The van der Waals surface area contributed by atoms with Crippen molar-refractivity contribution < 1.29 is 23.9 Å². The van der Waals surface area contributed by atoms with Gasteiger partial charge in [0.15, 0.2) is 0 Å². The molecule has 1 saturated heterocycles. The van der Waals surface area contributed by atoms with Crippen LogP contribution in [0, 0.1) is 0 Å². The predicted octanol–water partition coefficient (Wildman–Crippen LogP) is 1.60. The third kappa shape index (κ3) is 5.03. The minimum Gasteiger partial charge on any atom is -0.469 e. The largest absolute Gasteiger partial charge is 0.469 e. The normalized spacial score (nSPS) is 15.2. The van der Waals surface area contributed by atoms with Crippen LogP contribution >= 0.6 is 11.6 Å². The number of nitrogens with zero attached hydrogens (tertiary/aromatic N) is 1. The van der Waals surface area contributed by atoms with Gasteiger partial charge in [-0.2, -0.15) is 0 Å². The lowest BCUT2D eigenvalue weighted by Gasteiger charge is -2.20. The molecule has 1 fully saturated rings. The van der Waals surface area contributed by atoms with Crippen LogP contribution in [0.3, 0.4) is 0 Å². The summed E-state index contributed by atoms with van der Waals surface area (Å²) >= 11 is 6.15. The van der Waals surface area contributed by atoms with Gasteiger partial charge in [0.1, 0.15) is 0 Å². The van der Waals surface area contributed by atoms with Gasteiger partial charge in [0.2, 0.25) is 17.7 Å². The summed E-state index contributed by atoms with van der Waals surface area (Å²) in [5.74, 6) is -1.42.